The zero-order valence-electron chi connectivity index (χ0n) is 15.5. The molecule has 1 aliphatic rings. The van der Waals surface area contributed by atoms with Crippen molar-refractivity contribution in [2.45, 2.75) is 5.92 Å². The van der Waals surface area contributed by atoms with Crippen LogP contribution in [0, 0.1) is 5.92 Å². The van der Waals surface area contributed by atoms with Crippen LogP contribution < -0.4 is 10.1 Å². The molecule has 1 aliphatic heterocycles. The number of hydrogen-bond acceptors (Lipinski definition) is 5. The third-order valence-corrected chi connectivity index (χ3v) is 5.68. The van der Waals surface area contributed by atoms with Crippen molar-refractivity contribution >= 4 is 23.2 Å². The number of methoxy groups -OCH3 is 2. The van der Waals surface area contributed by atoms with Crippen molar-refractivity contribution in [3.8, 4) is 5.75 Å². The quantitative estimate of drug-likeness (QED) is 0.740. The summed E-state index contributed by atoms with van der Waals surface area (Å²) in [5, 5.41) is 4.81. The van der Waals surface area contributed by atoms with E-state index in [1.165, 1.54) is 11.3 Å². The van der Waals surface area contributed by atoms with Crippen LogP contribution in [0.15, 0.2) is 41.8 Å². The molecule has 3 rings (SSSR count). The average Bonchev–Trinajstić information content (AvgIpc) is 3.38. The minimum absolute atomic E-state index is 0.0179. The summed E-state index contributed by atoms with van der Waals surface area (Å²) in [6, 6.07) is 11.4. The van der Waals surface area contributed by atoms with E-state index in [0.29, 0.717) is 31.1 Å². The third kappa shape index (κ3) is 4.48. The Kier molecular flexibility index (Phi) is 6.47. The lowest BCUT2D eigenvalue weighted by Gasteiger charge is -2.18. The van der Waals surface area contributed by atoms with Crippen molar-refractivity contribution in [3.63, 3.8) is 0 Å². The van der Waals surface area contributed by atoms with Gasteiger partial charge in [-0.05, 0) is 29.1 Å². The van der Waals surface area contributed by atoms with Crippen molar-refractivity contribution in [2.24, 2.45) is 5.92 Å². The first kappa shape index (κ1) is 19.4. The maximum absolute atomic E-state index is 12.8. The fourth-order valence-corrected chi connectivity index (χ4v) is 4.08. The number of likely N-dealkylation sites (tertiary alicyclic amines) is 1. The van der Waals surface area contributed by atoms with Crippen LogP contribution in [0.25, 0.3) is 0 Å². The van der Waals surface area contributed by atoms with Crippen molar-refractivity contribution < 1.29 is 19.1 Å². The van der Waals surface area contributed by atoms with Gasteiger partial charge in [0, 0.05) is 32.7 Å². The fourth-order valence-electron chi connectivity index (χ4n) is 3.39. The summed E-state index contributed by atoms with van der Waals surface area (Å²) in [5.74, 6) is 0.357. The number of amides is 2. The molecule has 2 aromatic rings. The van der Waals surface area contributed by atoms with Gasteiger partial charge in [0.15, 0.2) is 0 Å². The SMILES string of the molecule is COCCNC(=O)[C@H]1CN(C(=O)c2cccs2)C[C@H]1c1ccc(OC)cc1. The predicted octanol–water partition coefficient (Wildman–Crippen LogP) is 2.38. The molecule has 27 heavy (non-hydrogen) atoms. The molecule has 0 unspecified atom stereocenters. The number of thiophene rings is 1. The largest absolute Gasteiger partial charge is 0.497 e. The highest BCUT2D eigenvalue weighted by molar-refractivity contribution is 7.12. The highest BCUT2D eigenvalue weighted by Gasteiger charge is 2.40. The monoisotopic (exact) mass is 388 g/mol. The number of ether oxygens (including phenoxy) is 2. The smallest absolute Gasteiger partial charge is 0.263 e. The maximum Gasteiger partial charge on any atom is 0.263 e. The summed E-state index contributed by atoms with van der Waals surface area (Å²) < 4.78 is 10.2. The lowest BCUT2D eigenvalue weighted by Crippen LogP contribution is -2.37. The first-order chi connectivity index (χ1) is 13.1. The van der Waals surface area contributed by atoms with Gasteiger partial charge in [-0.3, -0.25) is 9.59 Å². The minimum atomic E-state index is -0.292. The molecule has 0 radical (unpaired) electrons. The Hall–Kier alpha value is -2.38. The second-order valence-corrected chi connectivity index (χ2v) is 7.41. The summed E-state index contributed by atoms with van der Waals surface area (Å²) >= 11 is 1.42. The standard InChI is InChI=1S/C20H24N2O4S/c1-25-10-9-21-19(23)17-13-22(20(24)18-4-3-11-27-18)12-16(17)14-5-7-15(26-2)8-6-14/h3-8,11,16-17H,9-10,12-13H2,1-2H3,(H,21,23)/t16-,17-/m0/s1. The van der Waals surface area contributed by atoms with E-state index in [4.69, 9.17) is 9.47 Å². The first-order valence-electron chi connectivity index (χ1n) is 8.87. The molecule has 2 amide bonds. The van der Waals surface area contributed by atoms with E-state index >= 15 is 0 Å². The Morgan fingerprint density at radius 3 is 2.59 bits per heavy atom. The Labute approximate surface area is 163 Å². The van der Waals surface area contributed by atoms with Crippen LogP contribution in [0.1, 0.15) is 21.2 Å². The van der Waals surface area contributed by atoms with E-state index in [9.17, 15) is 9.59 Å². The summed E-state index contributed by atoms with van der Waals surface area (Å²) in [4.78, 5) is 28.0. The summed E-state index contributed by atoms with van der Waals surface area (Å²) in [6.45, 7) is 1.85. The molecule has 0 aliphatic carbocycles. The average molecular weight is 388 g/mol. The molecule has 6 nitrogen and oxygen atoms in total. The zero-order valence-corrected chi connectivity index (χ0v) is 16.3. The molecule has 1 aromatic heterocycles. The number of nitrogens with zero attached hydrogens (tertiary/aromatic N) is 1. The number of carbonyl (C=O) groups is 2. The van der Waals surface area contributed by atoms with Crippen LogP contribution in [0.4, 0.5) is 0 Å². The molecule has 0 saturated carbocycles. The van der Waals surface area contributed by atoms with Gasteiger partial charge in [0.1, 0.15) is 5.75 Å². The Bertz CT molecular complexity index is 761. The van der Waals surface area contributed by atoms with Crippen molar-refractivity contribution in [3.05, 3.63) is 52.2 Å². The second kappa shape index (κ2) is 9.01. The zero-order chi connectivity index (χ0) is 19.2. The highest BCUT2D eigenvalue weighted by Crippen LogP contribution is 2.34. The third-order valence-electron chi connectivity index (χ3n) is 4.83. The van der Waals surface area contributed by atoms with E-state index in [0.717, 1.165) is 11.3 Å². The molecule has 0 spiro atoms. The molecule has 7 heteroatoms. The first-order valence-corrected chi connectivity index (χ1v) is 9.75. The fraction of sp³-hybridized carbons (Fsp3) is 0.400. The van der Waals surface area contributed by atoms with Gasteiger partial charge in [0.25, 0.3) is 5.91 Å². The van der Waals surface area contributed by atoms with Crippen LogP contribution in [0.5, 0.6) is 5.75 Å². The maximum atomic E-state index is 12.8. The van der Waals surface area contributed by atoms with Crippen LogP contribution in [-0.4, -0.2) is 57.2 Å². The van der Waals surface area contributed by atoms with E-state index in [1.807, 2.05) is 41.8 Å². The van der Waals surface area contributed by atoms with Gasteiger partial charge in [-0.15, -0.1) is 11.3 Å². The van der Waals surface area contributed by atoms with E-state index < -0.39 is 0 Å². The van der Waals surface area contributed by atoms with Gasteiger partial charge in [-0.25, -0.2) is 0 Å². The molecule has 1 fully saturated rings. The van der Waals surface area contributed by atoms with Gasteiger partial charge in [0.05, 0.1) is 24.5 Å². The predicted molar refractivity (Wildman–Crippen MR) is 104 cm³/mol. The van der Waals surface area contributed by atoms with Crippen LogP contribution in [-0.2, 0) is 9.53 Å². The lowest BCUT2D eigenvalue weighted by atomic mass is 9.88. The van der Waals surface area contributed by atoms with Crippen molar-refractivity contribution in [2.75, 3.05) is 40.5 Å². The summed E-state index contributed by atoms with van der Waals surface area (Å²) in [5.41, 5.74) is 1.03. The van der Waals surface area contributed by atoms with Crippen LogP contribution >= 0.6 is 11.3 Å². The van der Waals surface area contributed by atoms with E-state index in [2.05, 4.69) is 5.32 Å². The Morgan fingerprint density at radius 2 is 1.96 bits per heavy atom. The van der Waals surface area contributed by atoms with Gasteiger partial charge in [-0.2, -0.15) is 0 Å². The van der Waals surface area contributed by atoms with Crippen molar-refractivity contribution in [1.82, 2.24) is 10.2 Å². The van der Waals surface area contributed by atoms with Gasteiger partial charge >= 0.3 is 0 Å². The minimum Gasteiger partial charge on any atom is -0.497 e. The Morgan fingerprint density at radius 1 is 1.19 bits per heavy atom. The molecule has 144 valence electrons. The molecule has 0 bridgehead atoms. The molecule has 1 saturated heterocycles. The summed E-state index contributed by atoms with van der Waals surface area (Å²) in [7, 11) is 3.22. The van der Waals surface area contributed by atoms with E-state index in [1.54, 1.807) is 19.1 Å². The van der Waals surface area contributed by atoms with Gasteiger partial charge in [0.2, 0.25) is 5.91 Å². The van der Waals surface area contributed by atoms with Crippen molar-refractivity contribution in [1.29, 1.82) is 0 Å². The number of nitrogens with one attached hydrogen (secondary N) is 1. The number of benzene rings is 1. The topological polar surface area (TPSA) is 67.9 Å². The lowest BCUT2D eigenvalue weighted by molar-refractivity contribution is -0.125. The molecule has 2 heterocycles. The highest BCUT2D eigenvalue weighted by atomic mass is 32.1. The Balaban J connectivity index is 1.79. The molecular weight excluding hydrogens is 364 g/mol. The second-order valence-electron chi connectivity index (χ2n) is 6.46. The molecular formula is C20H24N2O4S. The molecule has 1 aromatic carbocycles. The molecule has 2 atom stereocenters. The van der Waals surface area contributed by atoms with Crippen LogP contribution in [0.2, 0.25) is 0 Å². The van der Waals surface area contributed by atoms with E-state index in [-0.39, 0.29) is 23.7 Å². The summed E-state index contributed by atoms with van der Waals surface area (Å²) in [6.07, 6.45) is 0. The number of rotatable bonds is 7. The van der Waals surface area contributed by atoms with Gasteiger partial charge < -0.3 is 19.7 Å². The molecule has 1 N–H and O–H groups in total. The number of carbonyl (C=O) groups excluding carboxylic acids is 2. The number of hydrogen-bond donors (Lipinski definition) is 1. The van der Waals surface area contributed by atoms with Crippen LogP contribution in [0.3, 0.4) is 0 Å². The normalized spacial score (nSPS) is 19.1. The van der Waals surface area contributed by atoms with Gasteiger partial charge in [-0.1, -0.05) is 18.2 Å².